The topological polar surface area (TPSA) is 139 Å². The van der Waals surface area contributed by atoms with Crippen molar-refractivity contribution in [1.82, 2.24) is 9.62 Å². The second-order valence-electron chi connectivity index (χ2n) is 7.19. The first-order valence-corrected chi connectivity index (χ1v) is 11.7. The summed E-state index contributed by atoms with van der Waals surface area (Å²) >= 11 is 0. The number of anilines is 1. The van der Waals surface area contributed by atoms with Crippen molar-refractivity contribution in [3.8, 4) is 5.75 Å². The van der Waals surface area contributed by atoms with Crippen LogP contribution in [0.15, 0.2) is 47.4 Å². The summed E-state index contributed by atoms with van der Waals surface area (Å²) in [5.74, 6) is -0.704. The molecular weight excluding hydrogens is 452 g/mol. The van der Waals surface area contributed by atoms with E-state index in [0.717, 1.165) is 4.90 Å². The molecule has 0 saturated heterocycles. The Kier molecular flexibility index (Phi) is 7.29. The molecule has 0 radical (unpaired) electrons. The lowest BCUT2D eigenvalue weighted by molar-refractivity contribution is -0.384. The van der Waals surface area contributed by atoms with E-state index in [9.17, 15) is 28.1 Å². The highest BCUT2D eigenvalue weighted by Gasteiger charge is 2.29. The van der Waals surface area contributed by atoms with E-state index in [4.69, 9.17) is 4.74 Å². The lowest BCUT2D eigenvalue weighted by atomic mass is 10.2. The van der Waals surface area contributed by atoms with Crippen LogP contribution >= 0.6 is 0 Å². The van der Waals surface area contributed by atoms with Crippen LogP contribution < -0.4 is 15.0 Å². The van der Waals surface area contributed by atoms with E-state index in [2.05, 4.69) is 5.32 Å². The van der Waals surface area contributed by atoms with Gasteiger partial charge < -0.3 is 10.1 Å². The summed E-state index contributed by atoms with van der Waals surface area (Å²) in [6.07, 6.45) is 0. The normalized spacial score (nSPS) is 13.4. The molecule has 1 heterocycles. The summed E-state index contributed by atoms with van der Waals surface area (Å²) in [4.78, 5) is 36.5. The third-order valence-corrected chi connectivity index (χ3v) is 7.22. The summed E-state index contributed by atoms with van der Waals surface area (Å²) in [6.45, 7) is 3.75. The summed E-state index contributed by atoms with van der Waals surface area (Å²) < 4.78 is 31.8. The fraction of sp³-hybridized carbons (Fsp3) is 0.333. The van der Waals surface area contributed by atoms with E-state index in [1.54, 1.807) is 26.0 Å². The van der Waals surface area contributed by atoms with Crippen molar-refractivity contribution in [2.24, 2.45) is 0 Å². The van der Waals surface area contributed by atoms with Gasteiger partial charge in [-0.2, -0.15) is 4.31 Å². The maximum atomic E-state index is 12.6. The number of hydrogen-bond donors (Lipinski definition) is 1. The molecule has 0 aliphatic carbocycles. The highest BCUT2D eigenvalue weighted by atomic mass is 32.2. The first-order valence-electron chi connectivity index (χ1n) is 10.2. The number of carbonyl (C=O) groups is 2. The Bertz CT molecular complexity index is 1160. The van der Waals surface area contributed by atoms with Crippen LogP contribution in [0, 0.1) is 10.1 Å². The molecule has 12 heteroatoms. The molecule has 0 atom stereocenters. The molecule has 0 unspecified atom stereocenters. The van der Waals surface area contributed by atoms with Gasteiger partial charge in [-0.1, -0.05) is 26.0 Å². The minimum absolute atomic E-state index is 0.116. The van der Waals surface area contributed by atoms with Gasteiger partial charge in [0.05, 0.1) is 15.5 Å². The van der Waals surface area contributed by atoms with Crippen LogP contribution in [0.3, 0.4) is 0 Å². The Morgan fingerprint density at radius 3 is 2.45 bits per heavy atom. The predicted molar refractivity (Wildman–Crippen MR) is 119 cm³/mol. The molecule has 176 valence electrons. The third kappa shape index (κ3) is 5.29. The van der Waals surface area contributed by atoms with Crippen LogP contribution in [-0.2, 0) is 26.2 Å². The van der Waals surface area contributed by atoms with Crippen LogP contribution in [0.4, 0.5) is 11.4 Å². The van der Waals surface area contributed by atoms with Gasteiger partial charge in [0.2, 0.25) is 15.9 Å². The first-order chi connectivity index (χ1) is 15.7. The average molecular weight is 477 g/mol. The molecular formula is C21H24N4O7S. The number of nitrogens with zero attached hydrogens (tertiary/aromatic N) is 3. The molecule has 0 aromatic heterocycles. The maximum absolute atomic E-state index is 12.6. The van der Waals surface area contributed by atoms with E-state index >= 15 is 0 Å². The lowest BCUT2D eigenvalue weighted by Crippen LogP contribution is -2.45. The summed E-state index contributed by atoms with van der Waals surface area (Å²) in [6, 6.07) is 10.0. The molecule has 3 rings (SSSR count). The van der Waals surface area contributed by atoms with Gasteiger partial charge in [-0.05, 0) is 23.8 Å². The Morgan fingerprint density at radius 2 is 1.85 bits per heavy atom. The summed E-state index contributed by atoms with van der Waals surface area (Å²) in [5, 5.41) is 13.7. The van der Waals surface area contributed by atoms with E-state index < -0.39 is 26.8 Å². The summed E-state index contributed by atoms with van der Waals surface area (Å²) in [5.41, 5.74) is 0.602. The van der Waals surface area contributed by atoms with Crippen molar-refractivity contribution in [2.75, 3.05) is 31.1 Å². The van der Waals surface area contributed by atoms with Gasteiger partial charge in [0.1, 0.15) is 12.3 Å². The number of rotatable bonds is 9. The molecule has 1 aliphatic heterocycles. The van der Waals surface area contributed by atoms with Crippen molar-refractivity contribution in [1.29, 1.82) is 0 Å². The van der Waals surface area contributed by atoms with Crippen molar-refractivity contribution in [3.05, 3.63) is 58.1 Å². The second kappa shape index (κ2) is 9.96. The van der Waals surface area contributed by atoms with Crippen LogP contribution in [0.2, 0.25) is 0 Å². The molecule has 2 amide bonds. The van der Waals surface area contributed by atoms with Crippen molar-refractivity contribution < 1.29 is 27.7 Å². The van der Waals surface area contributed by atoms with E-state index in [0.29, 0.717) is 18.7 Å². The molecule has 0 fully saturated rings. The predicted octanol–water partition coefficient (Wildman–Crippen LogP) is 1.67. The molecule has 0 bridgehead atoms. The zero-order valence-electron chi connectivity index (χ0n) is 18.2. The monoisotopic (exact) mass is 476 g/mol. The number of ether oxygens (including phenoxy) is 1. The van der Waals surface area contributed by atoms with Crippen molar-refractivity contribution in [2.45, 2.75) is 25.3 Å². The third-order valence-electron chi connectivity index (χ3n) is 5.15. The van der Waals surface area contributed by atoms with Gasteiger partial charge in [0.25, 0.3) is 11.6 Å². The maximum Gasteiger partial charge on any atom is 0.271 e. The lowest BCUT2D eigenvalue weighted by Gasteiger charge is -2.28. The average Bonchev–Trinajstić information content (AvgIpc) is 2.80. The van der Waals surface area contributed by atoms with E-state index in [1.807, 2.05) is 0 Å². The molecule has 2 aromatic carbocycles. The highest BCUT2D eigenvalue weighted by molar-refractivity contribution is 7.89. The van der Waals surface area contributed by atoms with E-state index in [-0.39, 0.29) is 41.7 Å². The molecule has 11 nitrogen and oxygen atoms in total. The van der Waals surface area contributed by atoms with Gasteiger partial charge in [-0.15, -0.1) is 0 Å². The van der Waals surface area contributed by atoms with Crippen LogP contribution in [0.5, 0.6) is 5.75 Å². The summed E-state index contributed by atoms with van der Waals surface area (Å²) in [7, 11) is -3.57. The number of hydrogen-bond acceptors (Lipinski definition) is 7. The standard InChI is InChI=1S/C21H24N4O7S/c1-3-23(4-2)33(30,31)17-8-5-15(6-9-17)12-22-20(26)13-24-18-11-16(25(28)29)7-10-19(18)32-14-21(24)27/h5-11H,3-4,12-14H2,1-2H3,(H,22,26). The Morgan fingerprint density at radius 1 is 1.18 bits per heavy atom. The number of fused-ring (bicyclic) bond motifs is 1. The zero-order chi connectivity index (χ0) is 24.2. The highest BCUT2D eigenvalue weighted by Crippen LogP contribution is 2.35. The van der Waals surface area contributed by atoms with E-state index in [1.165, 1.54) is 34.6 Å². The fourth-order valence-corrected chi connectivity index (χ4v) is 4.83. The number of nitrogens with one attached hydrogen (secondary N) is 1. The minimum Gasteiger partial charge on any atom is -0.482 e. The van der Waals surface area contributed by atoms with Gasteiger partial charge in [0, 0.05) is 31.8 Å². The van der Waals surface area contributed by atoms with Crippen LogP contribution in [0.25, 0.3) is 0 Å². The smallest absolute Gasteiger partial charge is 0.271 e. The number of non-ortho nitro benzene ring substituents is 1. The molecule has 33 heavy (non-hydrogen) atoms. The molecule has 2 aromatic rings. The fourth-order valence-electron chi connectivity index (χ4n) is 3.37. The van der Waals surface area contributed by atoms with Crippen molar-refractivity contribution >= 4 is 33.2 Å². The number of carbonyl (C=O) groups excluding carboxylic acids is 2. The first kappa shape index (κ1) is 24.1. The molecule has 0 spiro atoms. The zero-order valence-corrected chi connectivity index (χ0v) is 19.0. The molecule has 0 saturated carbocycles. The van der Waals surface area contributed by atoms with Crippen molar-refractivity contribution in [3.63, 3.8) is 0 Å². The van der Waals surface area contributed by atoms with Gasteiger partial charge in [0.15, 0.2) is 6.61 Å². The number of sulfonamides is 1. The minimum atomic E-state index is -3.57. The Labute approximate surface area is 191 Å². The van der Waals surface area contributed by atoms with Gasteiger partial charge in [-0.25, -0.2) is 8.42 Å². The molecule has 1 N–H and O–H groups in total. The van der Waals surface area contributed by atoms with Crippen LogP contribution in [0.1, 0.15) is 19.4 Å². The van der Waals surface area contributed by atoms with Gasteiger partial charge >= 0.3 is 0 Å². The molecule has 1 aliphatic rings. The number of benzene rings is 2. The Balaban J connectivity index is 1.66. The van der Waals surface area contributed by atoms with Crippen LogP contribution in [-0.4, -0.2) is 55.7 Å². The Hall–Kier alpha value is -3.51. The number of nitro groups is 1. The SMILES string of the molecule is CCN(CC)S(=O)(=O)c1ccc(CNC(=O)CN2C(=O)COc3ccc([N+](=O)[O-])cc32)cc1. The largest absolute Gasteiger partial charge is 0.482 e. The number of nitro benzene ring substituents is 1. The quantitative estimate of drug-likeness (QED) is 0.429. The number of amides is 2. The second-order valence-corrected chi connectivity index (χ2v) is 9.13. The van der Waals surface area contributed by atoms with Gasteiger partial charge in [-0.3, -0.25) is 24.6 Å².